The van der Waals surface area contributed by atoms with Gasteiger partial charge in [0, 0.05) is 15.9 Å². The Hall–Kier alpha value is -0.680. The number of nitrogens with one attached hydrogen (secondary N) is 1. The van der Waals surface area contributed by atoms with E-state index in [-0.39, 0.29) is 6.61 Å². The second kappa shape index (κ2) is 5.97. The normalized spacial score (nSPS) is 14.4. The molecule has 96 valence electrons. The first-order valence-corrected chi connectivity index (χ1v) is 7.46. The maximum absolute atomic E-state index is 9.71. The van der Waals surface area contributed by atoms with Gasteiger partial charge in [-0.3, -0.25) is 0 Å². The molecule has 2 aromatic rings. The fourth-order valence-electron chi connectivity index (χ4n) is 1.84. The molecule has 0 bridgehead atoms. The van der Waals surface area contributed by atoms with Crippen molar-refractivity contribution in [3.05, 3.63) is 56.7 Å². The van der Waals surface area contributed by atoms with Gasteiger partial charge in [0.1, 0.15) is 0 Å². The zero-order valence-corrected chi connectivity index (χ0v) is 12.6. The van der Waals surface area contributed by atoms with E-state index in [1.54, 1.807) is 11.3 Å². The number of aliphatic hydroxyl groups is 1. The fourth-order valence-corrected chi connectivity index (χ4v) is 3.21. The fraction of sp³-hybridized carbons (Fsp3) is 0.286. The minimum atomic E-state index is -0.440. The highest BCUT2D eigenvalue weighted by molar-refractivity contribution is 9.10. The molecule has 0 radical (unpaired) electrons. The molecule has 0 spiro atoms. The molecule has 4 heteroatoms. The van der Waals surface area contributed by atoms with E-state index in [0.717, 1.165) is 16.6 Å². The summed E-state index contributed by atoms with van der Waals surface area (Å²) in [6.07, 6.45) is 0. The zero-order valence-electron chi connectivity index (χ0n) is 10.2. The van der Waals surface area contributed by atoms with Gasteiger partial charge < -0.3 is 10.4 Å². The van der Waals surface area contributed by atoms with Crippen molar-refractivity contribution in [2.45, 2.75) is 19.0 Å². The van der Waals surface area contributed by atoms with Crippen LogP contribution in [0.3, 0.4) is 0 Å². The molecule has 2 N–H and O–H groups in total. The van der Waals surface area contributed by atoms with E-state index in [0.29, 0.717) is 0 Å². The lowest BCUT2D eigenvalue weighted by Crippen LogP contribution is -2.42. The van der Waals surface area contributed by atoms with Gasteiger partial charge in [0.15, 0.2) is 0 Å². The predicted octanol–water partition coefficient (Wildman–Crippen LogP) is 3.51. The minimum Gasteiger partial charge on any atom is -0.394 e. The van der Waals surface area contributed by atoms with E-state index in [2.05, 4.69) is 32.7 Å². The largest absolute Gasteiger partial charge is 0.394 e. The summed E-state index contributed by atoms with van der Waals surface area (Å²) in [5, 5.41) is 15.2. The van der Waals surface area contributed by atoms with Crippen molar-refractivity contribution in [1.82, 2.24) is 5.32 Å². The van der Waals surface area contributed by atoms with Gasteiger partial charge in [-0.25, -0.2) is 0 Å². The van der Waals surface area contributed by atoms with Gasteiger partial charge >= 0.3 is 0 Å². The van der Waals surface area contributed by atoms with Crippen LogP contribution in [0.25, 0.3) is 0 Å². The number of rotatable bonds is 5. The third-order valence-corrected chi connectivity index (χ3v) is 4.59. The molecule has 1 unspecified atom stereocenters. The van der Waals surface area contributed by atoms with Crippen LogP contribution in [0.2, 0.25) is 0 Å². The van der Waals surface area contributed by atoms with E-state index >= 15 is 0 Å². The van der Waals surface area contributed by atoms with Crippen molar-refractivity contribution in [2.24, 2.45) is 0 Å². The van der Waals surface area contributed by atoms with E-state index in [1.807, 2.05) is 37.3 Å². The summed E-state index contributed by atoms with van der Waals surface area (Å²) in [7, 11) is 0. The molecule has 2 rings (SSSR count). The standard InChI is InChI=1S/C14H16BrNOS/c1-14(10-17,12-6-2-3-7-13(12)15)16-9-11-5-4-8-18-11/h2-8,16-17H,9-10H2,1H3. The molecule has 0 amide bonds. The number of aliphatic hydroxyl groups excluding tert-OH is 1. The van der Waals surface area contributed by atoms with Crippen molar-refractivity contribution >= 4 is 27.3 Å². The molecule has 1 heterocycles. The molecule has 0 saturated heterocycles. The van der Waals surface area contributed by atoms with Gasteiger partial charge in [-0.05, 0) is 30.0 Å². The van der Waals surface area contributed by atoms with Crippen molar-refractivity contribution in [3.8, 4) is 0 Å². The third-order valence-electron chi connectivity index (χ3n) is 3.02. The SMILES string of the molecule is CC(CO)(NCc1cccs1)c1ccccc1Br. The zero-order chi connectivity index (χ0) is 13.0. The van der Waals surface area contributed by atoms with Crippen LogP contribution >= 0.6 is 27.3 Å². The lowest BCUT2D eigenvalue weighted by molar-refractivity contribution is 0.173. The second-order valence-electron chi connectivity index (χ2n) is 4.40. The molecular weight excluding hydrogens is 310 g/mol. The highest BCUT2D eigenvalue weighted by atomic mass is 79.9. The highest BCUT2D eigenvalue weighted by Gasteiger charge is 2.27. The summed E-state index contributed by atoms with van der Waals surface area (Å²) in [6, 6.07) is 12.1. The Balaban J connectivity index is 2.17. The number of thiophene rings is 1. The molecule has 1 aromatic heterocycles. The maximum atomic E-state index is 9.71. The summed E-state index contributed by atoms with van der Waals surface area (Å²) >= 11 is 5.26. The molecule has 1 aromatic carbocycles. The Bertz CT molecular complexity index is 500. The molecule has 0 saturated carbocycles. The second-order valence-corrected chi connectivity index (χ2v) is 6.29. The first-order valence-electron chi connectivity index (χ1n) is 5.79. The Morgan fingerprint density at radius 3 is 2.67 bits per heavy atom. The molecule has 0 aliphatic carbocycles. The summed E-state index contributed by atoms with van der Waals surface area (Å²) < 4.78 is 1.01. The topological polar surface area (TPSA) is 32.3 Å². The molecule has 18 heavy (non-hydrogen) atoms. The molecule has 2 nitrogen and oxygen atoms in total. The molecule has 0 aliphatic rings. The predicted molar refractivity (Wildman–Crippen MR) is 79.7 cm³/mol. The maximum Gasteiger partial charge on any atom is 0.0654 e. The smallest absolute Gasteiger partial charge is 0.0654 e. The molecule has 0 aliphatic heterocycles. The van der Waals surface area contributed by atoms with Crippen LogP contribution < -0.4 is 5.32 Å². The monoisotopic (exact) mass is 325 g/mol. The van der Waals surface area contributed by atoms with Crippen LogP contribution in [-0.2, 0) is 12.1 Å². The quantitative estimate of drug-likeness (QED) is 0.881. The van der Waals surface area contributed by atoms with Gasteiger partial charge in [0.05, 0.1) is 12.1 Å². The number of halogens is 1. The van der Waals surface area contributed by atoms with E-state index in [1.165, 1.54) is 4.88 Å². The van der Waals surface area contributed by atoms with Crippen LogP contribution in [0, 0.1) is 0 Å². The summed E-state index contributed by atoms with van der Waals surface area (Å²) in [4.78, 5) is 1.27. The number of hydrogen-bond acceptors (Lipinski definition) is 3. The van der Waals surface area contributed by atoms with E-state index < -0.39 is 5.54 Å². The Morgan fingerprint density at radius 2 is 2.06 bits per heavy atom. The van der Waals surface area contributed by atoms with Crippen LogP contribution in [0.4, 0.5) is 0 Å². The van der Waals surface area contributed by atoms with Crippen molar-refractivity contribution in [2.75, 3.05) is 6.61 Å². The van der Waals surface area contributed by atoms with Crippen molar-refractivity contribution in [3.63, 3.8) is 0 Å². The van der Waals surface area contributed by atoms with Gasteiger partial charge in [-0.2, -0.15) is 0 Å². The lowest BCUT2D eigenvalue weighted by Gasteiger charge is -2.30. The first-order chi connectivity index (χ1) is 8.65. The lowest BCUT2D eigenvalue weighted by atomic mass is 9.93. The summed E-state index contributed by atoms with van der Waals surface area (Å²) in [6.45, 7) is 2.83. The van der Waals surface area contributed by atoms with E-state index in [4.69, 9.17) is 0 Å². The Kier molecular flexibility index (Phi) is 4.56. The van der Waals surface area contributed by atoms with Crippen molar-refractivity contribution < 1.29 is 5.11 Å². The van der Waals surface area contributed by atoms with E-state index in [9.17, 15) is 5.11 Å². The van der Waals surface area contributed by atoms with Gasteiger partial charge in [-0.1, -0.05) is 40.2 Å². The Morgan fingerprint density at radius 1 is 1.28 bits per heavy atom. The Labute approximate surface area is 120 Å². The number of benzene rings is 1. The van der Waals surface area contributed by atoms with Crippen LogP contribution in [-0.4, -0.2) is 11.7 Å². The summed E-state index contributed by atoms with van der Waals surface area (Å²) in [5.41, 5.74) is 0.633. The highest BCUT2D eigenvalue weighted by Crippen LogP contribution is 2.28. The molecule has 1 atom stereocenters. The first kappa shape index (κ1) is 13.7. The van der Waals surface area contributed by atoms with Crippen LogP contribution in [0.5, 0.6) is 0 Å². The minimum absolute atomic E-state index is 0.0565. The third kappa shape index (κ3) is 3.01. The average Bonchev–Trinajstić information content (AvgIpc) is 2.90. The van der Waals surface area contributed by atoms with Gasteiger partial charge in [-0.15, -0.1) is 11.3 Å². The van der Waals surface area contributed by atoms with Crippen LogP contribution in [0.1, 0.15) is 17.4 Å². The number of hydrogen-bond donors (Lipinski definition) is 2. The van der Waals surface area contributed by atoms with Crippen molar-refractivity contribution in [1.29, 1.82) is 0 Å². The molecular formula is C14H16BrNOS. The average molecular weight is 326 g/mol. The van der Waals surface area contributed by atoms with Gasteiger partial charge in [0.25, 0.3) is 0 Å². The van der Waals surface area contributed by atoms with Crippen LogP contribution in [0.15, 0.2) is 46.3 Å². The molecule has 0 fully saturated rings. The summed E-state index contributed by atoms with van der Waals surface area (Å²) in [5.74, 6) is 0. The van der Waals surface area contributed by atoms with Gasteiger partial charge in [0.2, 0.25) is 0 Å².